The number of carbonyl (C=O) groups is 2. The normalized spacial score (nSPS) is 13.9. The fraction of sp³-hybridized carbons (Fsp3) is 0.450. The van der Waals surface area contributed by atoms with E-state index in [1.807, 2.05) is 26.0 Å². The van der Waals surface area contributed by atoms with Crippen molar-refractivity contribution in [2.24, 2.45) is 0 Å². The number of anilines is 1. The Morgan fingerprint density at radius 3 is 2.69 bits per heavy atom. The molecular formula is C20H26N4O2. The van der Waals surface area contributed by atoms with Crippen molar-refractivity contribution in [1.82, 2.24) is 15.3 Å². The zero-order valence-electron chi connectivity index (χ0n) is 15.7. The van der Waals surface area contributed by atoms with Crippen molar-refractivity contribution in [2.75, 3.05) is 18.0 Å². The largest absolute Gasteiger partial charge is 0.357 e. The van der Waals surface area contributed by atoms with Gasteiger partial charge in [-0.2, -0.15) is 0 Å². The van der Waals surface area contributed by atoms with E-state index < -0.39 is 0 Å². The SMILES string of the molecule is CCc1c(C(=O)NCc2ccnc(N3CCCC3)c2)[nH]c(C)c1C(C)=O. The van der Waals surface area contributed by atoms with Gasteiger partial charge in [0, 0.05) is 37.1 Å². The van der Waals surface area contributed by atoms with Crippen molar-refractivity contribution in [3.8, 4) is 0 Å². The van der Waals surface area contributed by atoms with E-state index in [0.29, 0.717) is 24.2 Å². The predicted molar refractivity (Wildman–Crippen MR) is 102 cm³/mol. The number of nitrogens with zero attached hydrogens (tertiary/aromatic N) is 2. The van der Waals surface area contributed by atoms with E-state index in [-0.39, 0.29) is 11.7 Å². The maximum atomic E-state index is 12.6. The number of carbonyl (C=O) groups excluding carboxylic acids is 2. The van der Waals surface area contributed by atoms with Crippen LogP contribution >= 0.6 is 0 Å². The van der Waals surface area contributed by atoms with Gasteiger partial charge in [0.25, 0.3) is 5.91 Å². The van der Waals surface area contributed by atoms with Crippen LogP contribution in [0.15, 0.2) is 18.3 Å². The number of pyridine rings is 1. The Morgan fingerprint density at radius 1 is 1.31 bits per heavy atom. The number of amides is 1. The fourth-order valence-electron chi connectivity index (χ4n) is 3.66. The first-order chi connectivity index (χ1) is 12.5. The Bertz CT molecular complexity index is 819. The minimum atomic E-state index is -0.183. The molecule has 0 spiro atoms. The number of aromatic nitrogens is 2. The van der Waals surface area contributed by atoms with Crippen LogP contribution in [0, 0.1) is 6.92 Å². The Labute approximate surface area is 154 Å². The molecule has 0 unspecified atom stereocenters. The van der Waals surface area contributed by atoms with Crippen LogP contribution in [0.2, 0.25) is 0 Å². The molecule has 1 aliphatic rings. The number of ketones is 1. The summed E-state index contributed by atoms with van der Waals surface area (Å²) >= 11 is 0. The summed E-state index contributed by atoms with van der Waals surface area (Å²) in [6.07, 6.45) is 4.83. The fourth-order valence-corrected chi connectivity index (χ4v) is 3.66. The average molecular weight is 354 g/mol. The molecule has 0 radical (unpaired) electrons. The van der Waals surface area contributed by atoms with E-state index in [4.69, 9.17) is 0 Å². The number of rotatable bonds is 6. The van der Waals surface area contributed by atoms with Crippen molar-refractivity contribution in [1.29, 1.82) is 0 Å². The standard InChI is InChI=1S/C20H26N4O2/c1-4-16-18(14(3)25)13(2)23-19(16)20(26)22-12-15-7-8-21-17(11-15)24-9-5-6-10-24/h7-8,11,23H,4-6,9-10,12H2,1-3H3,(H,22,26). The summed E-state index contributed by atoms with van der Waals surface area (Å²) in [5.41, 5.74) is 3.69. The summed E-state index contributed by atoms with van der Waals surface area (Å²) in [4.78, 5) is 34.3. The summed E-state index contributed by atoms with van der Waals surface area (Å²) in [6, 6.07) is 3.95. The van der Waals surface area contributed by atoms with Gasteiger partial charge in [0.05, 0.1) is 0 Å². The molecule has 2 aromatic heterocycles. The molecule has 1 aliphatic heterocycles. The molecule has 2 N–H and O–H groups in total. The highest BCUT2D eigenvalue weighted by atomic mass is 16.2. The summed E-state index contributed by atoms with van der Waals surface area (Å²) in [7, 11) is 0. The van der Waals surface area contributed by atoms with E-state index in [0.717, 1.165) is 35.7 Å². The Balaban J connectivity index is 1.72. The number of aryl methyl sites for hydroxylation is 1. The van der Waals surface area contributed by atoms with Crippen molar-refractivity contribution in [2.45, 2.75) is 46.6 Å². The van der Waals surface area contributed by atoms with Gasteiger partial charge < -0.3 is 15.2 Å². The number of nitrogens with one attached hydrogen (secondary N) is 2. The zero-order chi connectivity index (χ0) is 18.7. The van der Waals surface area contributed by atoms with E-state index in [2.05, 4.69) is 20.2 Å². The Morgan fingerprint density at radius 2 is 2.04 bits per heavy atom. The van der Waals surface area contributed by atoms with Crippen LogP contribution in [-0.4, -0.2) is 34.7 Å². The summed E-state index contributed by atoms with van der Waals surface area (Å²) < 4.78 is 0. The van der Waals surface area contributed by atoms with Crippen molar-refractivity contribution >= 4 is 17.5 Å². The molecule has 0 aliphatic carbocycles. The highest BCUT2D eigenvalue weighted by Crippen LogP contribution is 2.21. The van der Waals surface area contributed by atoms with Crippen LogP contribution in [0.3, 0.4) is 0 Å². The number of hydrogen-bond acceptors (Lipinski definition) is 4. The van der Waals surface area contributed by atoms with Crippen molar-refractivity contribution in [3.05, 3.63) is 46.4 Å². The predicted octanol–water partition coefficient (Wildman–Crippen LogP) is 3.01. The molecule has 138 valence electrons. The average Bonchev–Trinajstić information content (AvgIpc) is 3.27. The van der Waals surface area contributed by atoms with Crippen molar-refractivity contribution in [3.63, 3.8) is 0 Å². The van der Waals surface area contributed by atoms with Gasteiger partial charge in [0.2, 0.25) is 0 Å². The minimum absolute atomic E-state index is 0.0148. The third-order valence-corrected chi connectivity index (χ3v) is 4.92. The molecule has 0 saturated carbocycles. The summed E-state index contributed by atoms with van der Waals surface area (Å²) in [5, 5.41) is 2.96. The summed E-state index contributed by atoms with van der Waals surface area (Å²) in [5.74, 6) is 0.772. The molecule has 0 aromatic carbocycles. The van der Waals surface area contributed by atoms with Crippen LogP contribution < -0.4 is 10.2 Å². The molecule has 3 heterocycles. The monoisotopic (exact) mass is 354 g/mol. The Hall–Kier alpha value is -2.63. The van der Waals surface area contributed by atoms with E-state index in [1.54, 1.807) is 6.20 Å². The molecular weight excluding hydrogens is 328 g/mol. The van der Waals surface area contributed by atoms with Crippen LogP contribution in [0.4, 0.5) is 5.82 Å². The minimum Gasteiger partial charge on any atom is -0.357 e. The second kappa shape index (κ2) is 7.72. The molecule has 1 amide bonds. The lowest BCUT2D eigenvalue weighted by molar-refractivity contribution is 0.0945. The van der Waals surface area contributed by atoms with Crippen LogP contribution in [0.25, 0.3) is 0 Å². The van der Waals surface area contributed by atoms with Gasteiger partial charge in [-0.05, 0) is 56.4 Å². The second-order valence-corrected chi connectivity index (χ2v) is 6.79. The third kappa shape index (κ3) is 3.64. The first-order valence-corrected chi connectivity index (χ1v) is 9.21. The summed E-state index contributed by atoms with van der Waals surface area (Å²) in [6.45, 7) is 7.83. The molecule has 6 nitrogen and oxygen atoms in total. The van der Waals surface area contributed by atoms with Gasteiger partial charge in [-0.3, -0.25) is 9.59 Å². The van der Waals surface area contributed by atoms with E-state index in [1.165, 1.54) is 19.8 Å². The number of aromatic amines is 1. The van der Waals surface area contributed by atoms with Gasteiger partial charge in [-0.25, -0.2) is 4.98 Å². The number of H-pyrrole nitrogens is 1. The number of Topliss-reactive ketones (excluding diaryl/α,β-unsaturated/α-hetero) is 1. The highest BCUT2D eigenvalue weighted by Gasteiger charge is 2.21. The molecule has 1 fully saturated rings. The highest BCUT2D eigenvalue weighted by molar-refractivity contribution is 6.02. The third-order valence-electron chi connectivity index (χ3n) is 4.92. The molecule has 0 bridgehead atoms. The lowest BCUT2D eigenvalue weighted by Gasteiger charge is -2.17. The first-order valence-electron chi connectivity index (χ1n) is 9.21. The lowest BCUT2D eigenvalue weighted by atomic mass is 10.0. The van der Waals surface area contributed by atoms with Gasteiger partial charge in [-0.1, -0.05) is 6.92 Å². The van der Waals surface area contributed by atoms with Gasteiger partial charge in [-0.15, -0.1) is 0 Å². The van der Waals surface area contributed by atoms with E-state index in [9.17, 15) is 9.59 Å². The van der Waals surface area contributed by atoms with Crippen LogP contribution in [0.1, 0.15) is 64.4 Å². The molecule has 2 aromatic rings. The van der Waals surface area contributed by atoms with Gasteiger partial charge in [0.15, 0.2) is 5.78 Å². The molecule has 1 saturated heterocycles. The van der Waals surface area contributed by atoms with Crippen LogP contribution in [0.5, 0.6) is 0 Å². The maximum absolute atomic E-state index is 12.6. The molecule has 0 atom stereocenters. The first kappa shape index (κ1) is 18.2. The van der Waals surface area contributed by atoms with E-state index >= 15 is 0 Å². The smallest absolute Gasteiger partial charge is 0.268 e. The van der Waals surface area contributed by atoms with Gasteiger partial charge >= 0.3 is 0 Å². The maximum Gasteiger partial charge on any atom is 0.268 e. The van der Waals surface area contributed by atoms with Gasteiger partial charge in [0.1, 0.15) is 11.5 Å². The quantitative estimate of drug-likeness (QED) is 0.782. The topological polar surface area (TPSA) is 78.1 Å². The number of hydrogen-bond donors (Lipinski definition) is 2. The van der Waals surface area contributed by atoms with Crippen molar-refractivity contribution < 1.29 is 9.59 Å². The lowest BCUT2D eigenvalue weighted by Crippen LogP contribution is -2.25. The molecule has 6 heteroatoms. The molecule has 26 heavy (non-hydrogen) atoms. The zero-order valence-corrected chi connectivity index (χ0v) is 15.7. The molecule has 3 rings (SSSR count). The second-order valence-electron chi connectivity index (χ2n) is 6.79. The Kier molecular flexibility index (Phi) is 5.40. The van der Waals surface area contributed by atoms with Crippen LogP contribution in [-0.2, 0) is 13.0 Å².